The highest BCUT2D eigenvalue weighted by molar-refractivity contribution is 9.10. The first-order chi connectivity index (χ1) is 12.4. The standard InChI is InChI=1S/C18H26BrN3O3S/c1-14(18(23)20-16-6-2-3-7-16)21-9-11-22(12-10-21)26(24,25)17-8-4-5-15(19)13-17/h4-5,8,13-14,16H,2-3,6-7,9-12H2,1H3,(H,20,23). The fraction of sp³-hybridized carbons (Fsp3) is 0.611. The molecule has 3 rings (SSSR count). The molecular weight excluding hydrogens is 418 g/mol. The minimum atomic E-state index is -3.50. The summed E-state index contributed by atoms with van der Waals surface area (Å²) >= 11 is 3.32. The first-order valence-electron chi connectivity index (χ1n) is 9.18. The Hall–Kier alpha value is -0.960. The molecule has 1 aliphatic heterocycles. The van der Waals surface area contributed by atoms with Crippen LogP contribution in [-0.2, 0) is 14.8 Å². The van der Waals surface area contributed by atoms with Gasteiger partial charge in [0, 0.05) is 36.7 Å². The predicted octanol–water partition coefficient (Wildman–Crippen LogP) is 2.20. The van der Waals surface area contributed by atoms with Crippen molar-refractivity contribution in [3.63, 3.8) is 0 Å². The van der Waals surface area contributed by atoms with Crippen molar-refractivity contribution in [2.45, 2.75) is 49.6 Å². The molecule has 0 bridgehead atoms. The van der Waals surface area contributed by atoms with Crippen LogP contribution in [0.3, 0.4) is 0 Å². The summed E-state index contributed by atoms with van der Waals surface area (Å²) in [5, 5.41) is 3.13. The normalized spacial score (nSPS) is 21.6. The van der Waals surface area contributed by atoms with E-state index in [0.29, 0.717) is 37.1 Å². The summed E-state index contributed by atoms with van der Waals surface area (Å²) in [6, 6.07) is 6.85. The molecule has 1 saturated carbocycles. The van der Waals surface area contributed by atoms with Crippen LogP contribution in [0.4, 0.5) is 0 Å². The van der Waals surface area contributed by atoms with Gasteiger partial charge in [0.15, 0.2) is 0 Å². The first kappa shape index (κ1) is 19.8. The number of rotatable bonds is 5. The van der Waals surface area contributed by atoms with Gasteiger partial charge in [0.25, 0.3) is 0 Å². The van der Waals surface area contributed by atoms with E-state index in [0.717, 1.165) is 17.3 Å². The molecule has 0 aromatic heterocycles. The van der Waals surface area contributed by atoms with Crippen LogP contribution in [0.1, 0.15) is 32.6 Å². The fourth-order valence-electron chi connectivity index (χ4n) is 3.67. The highest BCUT2D eigenvalue weighted by atomic mass is 79.9. The van der Waals surface area contributed by atoms with E-state index in [9.17, 15) is 13.2 Å². The average Bonchev–Trinajstić information content (AvgIpc) is 3.14. The van der Waals surface area contributed by atoms with Gasteiger partial charge in [0.2, 0.25) is 15.9 Å². The zero-order valence-corrected chi connectivity index (χ0v) is 17.4. The number of hydrogen-bond acceptors (Lipinski definition) is 4. The molecule has 0 radical (unpaired) electrons. The molecule has 1 atom stereocenters. The lowest BCUT2D eigenvalue weighted by Gasteiger charge is -2.37. The molecule has 1 amide bonds. The highest BCUT2D eigenvalue weighted by Gasteiger charge is 2.32. The molecule has 1 N–H and O–H groups in total. The Balaban J connectivity index is 1.57. The molecule has 1 aliphatic carbocycles. The number of hydrogen-bond donors (Lipinski definition) is 1. The van der Waals surface area contributed by atoms with Gasteiger partial charge in [-0.3, -0.25) is 9.69 Å². The lowest BCUT2D eigenvalue weighted by Crippen LogP contribution is -2.55. The van der Waals surface area contributed by atoms with Gasteiger partial charge in [0.05, 0.1) is 10.9 Å². The molecule has 144 valence electrons. The molecule has 1 saturated heterocycles. The predicted molar refractivity (Wildman–Crippen MR) is 104 cm³/mol. The Morgan fingerprint density at radius 1 is 1.19 bits per heavy atom. The largest absolute Gasteiger partial charge is 0.352 e. The zero-order chi connectivity index (χ0) is 18.7. The number of amides is 1. The minimum absolute atomic E-state index is 0.0557. The number of halogens is 1. The van der Waals surface area contributed by atoms with Gasteiger partial charge >= 0.3 is 0 Å². The van der Waals surface area contributed by atoms with E-state index in [2.05, 4.69) is 26.1 Å². The Kier molecular flexibility index (Phi) is 6.37. The van der Waals surface area contributed by atoms with E-state index in [1.807, 2.05) is 13.0 Å². The van der Waals surface area contributed by atoms with Crippen LogP contribution in [0.5, 0.6) is 0 Å². The average molecular weight is 444 g/mol. The Morgan fingerprint density at radius 2 is 1.85 bits per heavy atom. The van der Waals surface area contributed by atoms with Crippen LogP contribution in [-0.4, -0.2) is 61.8 Å². The highest BCUT2D eigenvalue weighted by Crippen LogP contribution is 2.22. The van der Waals surface area contributed by atoms with E-state index >= 15 is 0 Å². The third-order valence-electron chi connectivity index (χ3n) is 5.34. The molecule has 6 nitrogen and oxygen atoms in total. The number of carbonyl (C=O) groups excluding carboxylic acids is 1. The smallest absolute Gasteiger partial charge is 0.243 e. The summed E-state index contributed by atoms with van der Waals surface area (Å²) in [7, 11) is -3.50. The van der Waals surface area contributed by atoms with Crippen LogP contribution in [0.15, 0.2) is 33.6 Å². The van der Waals surface area contributed by atoms with Gasteiger partial charge in [0.1, 0.15) is 0 Å². The number of benzene rings is 1. The summed E-state index contributed by atoms with van der Waals surface area (Å²) in [6.07, 6.45) is 4.51. The summed E-state index contributed by atoms with van der Waals surface area (Å²) in [5.74, 6) is 0.0557. The molecule has 1 aromatic carbocycles. The lowest BCUT2D eigenvalue weighted by molar-refractivity contribution is -0.127. The number of nitrogens with one attached hydrogen (secondary N) is 1. The second kappa shape index (κ2) is 8.37. The lowest BCUT2D eigenvalue weighted by atomic mass is 10.2. The summed E-state index contributed by atoms with van der Waals surface area (Å²) in [6.45, 7) is 3.83. The van der Waals surface area contributed by atoms with Crippen molar-refractivity contribution >= 4 is 31.9 Å². The van der Waals surface area contributed by atoms with Crippen LogP contribution in [0, 0.1) is 0 Å². The van der Waals surface area contributed by atoms with Gasteiger partial charge < -0.3 is 5.32 Å². The van der Waals surface area contributed by atoms with Crippen molar-refractivity contribution in [1.82, 2.24) is 14.5 Å². The Labute approximate surface area is 164 Å². The first-order valence-corrected chi connectivity index (χ1v) is 11.4. The van der Waals surface area contributed by atoms with Crippen molar-refractivity contribution in [2.75, 3.05) is 26.2 Å². The second-order valence-corrected chi connectivity index (χ2v) is 9.92. The van der Waals surface area contributed by atoms with Crippen LogP contribution >= 0.6 is 15.9 Å². The van der Waals surface area contributed by atoms with Crippen molar-refractivity contribution in [2.24, 2.45) is 0 Å². The number of sulfonamides is 1. The summed E-state index contributed by atoms with van der Waals surface area (Å²) in [4.78, 5) is 14.8. The molecule has 2 aliphatic rings. The van der Waals surface area contributed by atoms with Crippen molar-refractivity contribution in [3.05, 3.63) is 28.7 Å². The van der Waals surface area contributed by atoms with E-state index in [1.165, 1.54) is 17.1 Å². The van der Waals surface area contributed by atoms with Gasteiger partial charge in [-0.1, -0.05) is 34.8 Å². The van der Waals surface area contributed by atoms with Gasteiger partial charge in [-0.15, -0.1) is 0 Å². The number of piperazine rings is 1. The van der Waals surface area contributed by atoms with Crippen LogP contribution < -0.4 is 5.32 Å². The van der Waals surface area contributed by atoms with Gasteiger partial charge in [-0.2, -0.15) is 4.31 Å². The van der Waals surface area contributed by atoms with Gasteiger partial charge in [-0.25, -0.2) is 8.42 Å². The minimum Gasteiger partial charge on any atom is -0.352 e. The topological polar surface area (TPSA) is 69.7 Å². The number of nitrogens with zero attached hydrogens (tertiary/aromatic N) is 2. The third-order valence-corrected chi connectivity index (χ3v) is 7.72. The SMILES string of the molecule is CC(C(=O)NC1CCCC1)N1CCN(S(=O)(=O)c2cccc(Br)c2)CC1. The summed E-state index contributed by atoms with van der Waals surface area (Å²) in [5.41, 5.74) is 0. The molecular formula is C18H26BrN3O3S. The zero-order valence-electron chi connectivity index (χ0n) is 15.0. The molecule has 2 fully saturated rings. The van der Waals surface area contributed by atoms with E-state index in [1.54, 1.807) is 18.2 Å². The maximum atomic E-state index is 12.8. The van der Waals surface area contributed by atoms with E-state index in [-0.39, 0.29) is 11.9 Å². The van der Waals surface area contributed by atoms with E-state index in [4.69, 9.17) is 0 Å². The maximum absolute atomic E-state index is 12.8. The summed E-state index contributed by atoms with van der Waals surface area (Å²) < 4.78 is 27.8. The van der Waals surface area contributed by atoms with Crippen molar-refractivity contribution < 1.29 is 13.2 Å². The van der Waals surface area contributed by atoms with Crippen molar-refractivity contribution in [1.29, 1.82) is 0 Å². The van der Waals surface area contributed by atoms with Crippen molar-refractivity contribution in [3.8, 4) is 0 Å². The third kappa shape index (κ3) is 4.47. The quantitative estimate of drug-likeness (QED) is 0.756. The molecule has 1 aromatic rings. The monoisotopic (exact) mass is 443 g/mol. The molecule has 1 unspecified atom stereocenters. The van der Waals surface area contributed by atoms with E-state index < -0.39 is 10.0 Å². The number of carbonyl (C=O) groups is 1. The fourth-order valence-corrected chi connectivity index (χ4v) is 5.68. The van der Waals surface area contributed by atoms with Gasteiger partial charge in [-0.05, 0) is 38.0 Å². The molecule has 8 heteroatoms. The van der Waals surface area contributed by atoms with Crippen LogP contribution in [0.25, 0.3) is 0 Å². The Morgan fingerprint density at radius 3 is 2.46 bits per heavy atom. The molecule has 0 spiro atoms. The second-order valence-electron chi connectivity index (χ2n) is 7.06. The molecule has 1 heterocycles. The Bertz CT molecular complexity index is 742. The molecule has 26 heavy (non-hydrogen) atoms. The maximum Gasteiger partial charge on any atom is 0.243 e. The van der Waals surface area contributed by atoms with Crippen LogP contribution in [0.2, 0.25) is 0 Å².